The van der Waals surface area contributed by atoms with Crippen molar-refractivity contribution in [2.75, 3.05) is 60.1 Å². The quantitative estimate of drug-likeness (QED) is 0.268. The zero-order valence-electron chi connectivity index (χ0n) is 29.9. The van der Waals surface area contributed by atoms with Crippen LogP contribution in [0.2, 0.25) is 5.02 Å². The molecule has 4 aliphatic heterocycles. The van der Waals surface area contributed by atoms with Crippen molar-refractivity contribution in [3.05, 3.63) is 70.5 Å². The van der Waals surface area contributed by atoms with Gasteiger partial charge in [0.2, 0.25) is 23.6 Å². The molecular formula is C39H42ClN7O5. The van der Waals surface area contributed by atoms with E-state index in [9.17, 15) is 9.59 Å². The lowest BCUT2D eigenvalue weighted by Gasteiger charge is -2.50. The number of halogens is 1. The molecule has 0 bridgehead atoms. The highest BCUT2D eigenvalue weighted by molar-refractivity contribution is 6.36. The number of rotatable bonds is 8. The Morgan fingerprint density at radius 1 is 0.981 bits per heavy atom. The first-order valence-corrected chi connectivity index (χ1v) is 18.1. The number of pyridine rings is 1. The minimum atomic E-state index is -0.118. The molecule has 1 spiro atoms. The van der Waals surface area contributed by atoms with Crippen LogP contribution in [0.5, 0.6) is 17.5 Å². The van der Waals surface area contributed by atoms with Crippen LogP contribution in [0, 0.1) is 6.92 Å². The molecule has 3 fully saturated rings. The third-order valence-corrected chi connectivity index (χ3v) is 11.4. The van der Waals surface area contributed by atoms with E-state index in [1.54, 1.807) is 27.3 Å². The number of ether oxygens (including phenoxy) is 3. The van der Waals surface area contributed by atoms with Gasteiger partial charge in [-0.1, -0.05) is 48.0 Å². The molecule has 12 nitrogen and oxygen atoms in total. The SMILES string of the molecule is COc1nc(-c2cccc(-c3cccc(-c4cc5c(c(OC)n4)C(N4CC6(CCC(=O)N6)C4)CO5)c3C)c2Cl)cnc1CN1CCN(C(C)=O)CC1. The largest absolute Gasteiger partial charge is 0.491 e. The Morgan fingerprint density at radius 2 is 1.67 bits per heavy atom. The summed E-state index contributed by atoms with van der Waals surface area (Å²) in [5.41, 5.74) is 7.47. The molecule has 270 valence electrons. The fourth-order valence-corrected chi connectivity index (χ4v) is 8.43. The predicted molar refractivity (Wildman–Crippen MR) is 196 cm³/mol. The van der Waals surface area contributed by atoms with Crippen molar-refractivity contribution in [1.82, 2.24) is 35.0 Å². The summed E-state index contributed by atoms with van der Waals surface area (Å²) < 4.78 is 17.8. The lowest BCUT2D eigenvalue weighted by atomic mass is 9.86. The molecule has 4 aromatic rings. The Hall–Kier alpha value is -4.78. The number of nitrogens with zero attached hydrogens (tertiary/aromatic N) is 6. The second-order valence-electron chi connectivity index (χ2n) is 14.1. The summed E-state index contributed by atoms with van der Waals surface area (Å²) in [6.45, 7) is 9.27. The van der Waals surface area contributed by atoms with E-state index in [1.807, 2.05) is 41.3 Å². The fraction of sp³-hybridized carbons (Fsp3) is 0.410. The lowest BCUT2D eigenvalue weighted by molar-refractivity contribution is -0.130. The Labute approximate surface area is 308 Å². The molecule has 3 saturated heterocycles. The second kappa shape index (κ2) is 13.6. The first kappa shape index (κ1) is 34.3. The van der Waals surface area contributed by atoms with Gasteiger partial charge in [0.05, 0.1) is 54.0 Å². The maximum Gasteiger partial charge on any atom is 0.237 e. The first-order valence-electron chi connectivity index (χ1n) is 17.7. The third kappa shape index (κ3) is 6.12. The molecule has 0 saturated carbocycles. The zero-order valence-corrected chi connectivity index (χ0v) is 30.6. The molecule has 1 N–H and O–H groups in total. The molecule has 13 heteroatoms. The van der Waals surface area contributed by atoms with Gasteiger partial charge < -0.3 is 24.4 Å². The van der Waals surface area contributed by atoms with Gasteiger partial charge in [-0.25, -0.2) is 9.97 Å². The smallest absolute Gasteiger partial charge is 0.237 e. The van der Waals surface area contributed by atoms with Crippen LogP contribution in [-0.4, -0.2) is 107 Å². The number of fused-ring (bicyclic) bond motifs is 1. The van der Waals surface area contributed by atoms with E-state index in [0.717, 1.165) is 83.1 Å². The molecular weight excluding hydrogens is 682 g/mol. The van der Waals surface area contributed by atoms with Gasteiger partial charge in [-0.3, -0.25) is 24.4 Å². The van der Waals surface area contributed by atoms with E-state index < -0.39 is 0 Å². The number of benzene rings is 2. The van der Waals surface area contributed by atoms with Crippen molar-refractivity contribution in [2.45, 2.75) is 44.8 Å². The highest BCUT2D eigenvalue weighted by Crippen LogP contribution is 2.48. The van der Waals surface area contributed by atoms with Gasteiger partial charge in [-0.2, -0.15) is 0 Å². The van der Waals surface area contributed by atoms with Gasteiger partial charge >= 0.3 is 0 Å². The van der Waals surface area contributed by atoms with Crippen LogP contribution < -0.4 is 19.5 Å². The molecule has 6 heterocycles. The molecule has 1 unspecified atom stereocenters. The van der Waals surface area contributed by atoms with Crippen molar-refractivity contribution in [3.8, 4) is 51.2 Å². The summed E-state index contributed by atoms with van der Waals surface area (Å²) in [4.78, 5) is 44.7. The van der Waals surface area contributed by atoms with Gasteiger partial charge in [0.25, 0.3) is 0 Å². The maximum absolute atomic E-state index is 11.9. The van der Waals surface area contributed by atoms with Crippen molar-refractivity contribution < 1.29 is 23.8 Å². The lowest BCUT2D eigenvalue weighted by Crippen LogP contribution is -2.67. The van der Waals surface area contributed by atoms with Crippen LogP contribution >= 0.6 is 11.6 Å². The predicted octanol–water partition coefficient (Wildman–Crippen LogP) is 4.91. The fourth-order valence-electron chi connectivity index (χ4n) is 8.11. The number of carbonyl (C=O) groups is 2. The van der Waals surface area contributed by atoms with Gasteiger partial charge in [-0.05, 0) is 24.5 Å². The van der Waals surface area contributed by atoms with Crippen LogP contribution in [-0.2, 0) is 16.1 Å². The van der Waals surface area contributed by atoms with Crippen LogP contribution in [0.15, 0.2) is 48.7 Å². The minimum absolute atomic E-state index is 0.0165. The van der Waals surface area contributed by atoms with Crippen molar-refractivity contribution in [2.24, 2.45) is 0 Å². The van der Waals surface area contributed by atoms with Crippen LogP contribution in [0.25, 0.3) is 33.6 Å². The zero-order chi connectivity index (χ0) is 36.1. The van der Waals surface area contributed by atoms with Crippen LogP contribution in [0.1, 0.15) is 42.6 Å². The number of carbonyl (C=O) groups excluding carboxylic acids is 2. The Kier molecular flexibility index (Phi) is 9.01. The summed E-state index contributed by atoms with van der Waals surface area (Å²) >= 11 is 7.19. The van der Waals surface area contributed by atoms with E-state index in [1.165, 1.54) is 0 Å². The summed E-state index contributed by atoms with van der Waals surface area (Å²) in [6, 6.07) is 14.1. The van der Waals surface area contributed by atoms with E-state index in [4.69, 9.17) is 40.8 Å². The molecule has 52 heavy (non-hydrogen) atoms. The van der Waals surface area contributed by atoms with Crippen molar-refractivity contribution in [3.63, 3.8) is 0 Å². The summed E-state index contributed by atoms with van der Waals surface area (Å²) in [5.74, 6) is 2.00. The highest BCUT2D eigenvalue weighted by atomic mass is 35.5. The highest BCUT2D eigenvalue weighted by Gasteiger charge is 2.51. The van der Waals surface area contributed by atoms with Crippen LogP contribution in [0.4, 0.5) is 0 Å². The monoisotopic (exact) mass is 723 g/mol. The Morgan fingerprint density at radius 3 is 2.37 bits per heavy atom. The van der Waals surface area contributed by atoms with Crippen molar-refractivity contribution >= 4 is 23.4 Å². The third-order valence-electron chi connectivity index (χ3n) is 11.0. The average Bonchev–Trinajstić information content (AvgIpc) is 3.75. The number of hydrogen-bond donors (Lipinski definition) is 1. The normalized spacial score (nSPS) is 19.6. The van der Waals surface area contributed by atoms with E-state index in [0.29, 0.717) is 55.1 Å². The number of likely N-dealkylation sites (tertiary alicyclic amines) is 1. The molecule has 2 aromatic heterocycles. The summed E-state index contributed by atoms with van der Waals surface area (Å²) in [7, 11) is 3.24. The number of hydrogen-bond acceptors (Lipinski definition) is 10. The second-order valence-corrected chi connectivity index (χ2v) is 14.5. The summed E-state index contributed by atoms with van der Waals surface area (Å²) in [6.07, 6.45) is 3.21. The molecule has 0 radical (unpaired) electrons. The number of piperazine rings is 1. The number of amides is 2. The number of aromatic nitrogens is 3. The standard InChI is InChI=1S/C39H42ClN7O5/c1-23-25(27-9-6-10-28(36(27)40)30-18-41-31(37(43-30)50-3)19-45-13-15-46(16-14-45)24(2)48)7-5-8-26(23)29-17-33-35(38(42-29)51-4)32(20-52-33)47-21-39(22-47)12-11-34(49)44-39/h5-10,17-18,32H,11-16,19-22H2,1-4H3,(H,44,49). The van der Waals surface area contributed by atoms with E-state index in [-0.39, 0.29) is 23.4 Å². The van der Waals surface area contributed by atoms with Gasteiger partial charge in [0.1, 0.15) is 18.1 Å². The van der Waals surface area contributed by atoms with Gasteiger partial charge in [-0.15, -0.1) is 0 Å². The average molecular weight is 724 g/mol. The topological polar surface area (TPSA) is 122 Å². The minimum Gasteiger partial charge on any atom is -0.491 e. The number of nitrogens with one attached hydrogen (secondary N) is 1. The maximum atomic E-state index is 11.9. The summed E-state index contributed by atoms with van der Waals surface area (Å²) in [5, 5.41) is 3.73. The van der Waals surface area contributed by atoms with E-state index >= 15 is 0 Å². The molecule has 4 aliphatic rings. The van der Waals surface area contributed by atoms with Gasteiger partial charge in [0, 0.05) is 81.9 Å². The van der Waals surface area contributed by atoms with Crippen LogP contribution in [0.3, 0.4) is 0 Å². The molecule has 8 rings (SSSR count). The van der Waals surface area contributed by atoms with Crippen molar-refractivity contribution in [1.29, 1.82) is 0 Å². The Bertz CT molecular complexity index is 2060. The Balaban J connectivity index is 1.05. The first-order chi connectivity index (χ1) is 25.2. The molecule has 2 amide bonds. The number of methoxy groups -OCH3 is 2. The molecule has 0 aliphatic carbocycles. The van der Waals surface area contributed by atoms with E-state index in [2.05, 4.69) is 28.1 Å². The molecule has 2 aromatic carbocycles. The molecule has 1 atom stereocenters. The van der Waals surface area contributed by atoms with Gasteiger partial charge in [0.15, 0.2) is 0 Å².